The summed E-state index contributed by atoms with van der Waals surface area (Å²) in [5, 5.41) is 26.2. The highest BCUT2D eigenvalue weighted by atomic mass is 16.5. The van der Waals surface area contributed by atoms with E-state index in [4.69, 9.17) is 9.47 Å². The van der Waals surface area contributed by atoms with Crippen LogP contribution in [0.25, 0.3) is 28.0 Å². The maximum absolute atomic E-state index is 12.9. The molecule has 57 heavy (non-hydrogen) atoms. The smallest absolute Gasteiger partial charge is 0.178 e. The lowest BCUT2D eigenvalue weighted by Gasteiger charge is -2.40. The number of fused-ring (bicyclic) bond motifs is 8. The summed E-state index contributed by atoms with van der Waals surface area (Å²) in [4.78, 5) is 7.19. The molecule has 0 radical (unpaired) electrons. The van der Waals surface area contributed by atoms with Crippen molar-refractivity contribution in [1.82, 2.24) is 5.06 Å². The Bertz CT molecular complexity index is 2470. The number of hydrogen-bond donors (Lipinski definition) is 2. The van der Waals surface area contributed by atoms with Gasteiger partial charge in [0.05, 0.1) is 12.8 Å². The van der Waals surface area contributed by atoms with Crippen LogP contribution in [-0.2, 0) is 11.2 Å². The van der Waals surface area contributed by atoms with Crippen LogP contribution in [0.4, 0.5) is 17.1 Å². The summed E-state index contributed by atoms with van der Waals surface area (Å²) in [5.74, 6) is 1.53. The van der Waals surface area contributed by atoms with Crippen LogP contribution in [-0.4, -0.2) is 74.8 Å². The average molecular weight is 757 g/mol. The Morgan fingerprint density at radius 3 is 1.95 bits per heavy atom. The molecule has 6 aromatic rings. The highest BCUT2D eigenvalue weighted by Gasteiger charge is 2.47. The van der Waals surface area contributed by atoms with E-state index < -0.39 is 11.2 Å². The Hall–Kier alpha value is -5.80. The van der Waals surface area contributed by atoms with Gasteiger partial charge < -0.3 is 34.5 Å². The highest BCUT2D eigenvalue weighted by Crippen LogP contribution is 2.59. The van der Waals surface area contributed by atoms with E-state index in [9.17, 15) is 10.3 Å². The predicted molar refractivity (Wildman–Crippen MR) is 229 cm³/mol. The largest absolute Gasteiger partial charge is 0.495 e. The molecule has 0 spiro atoms. The number of nitrogens with zero attached hydrogens (tertiary/aromatic N) is 4. The molecule has 3 heterocycles. The molecule has 2 N–H and O–H groups in total. The van der Waals surface area contributed by atoms with Crippen molar-refractivity contribution in [3.8, 4) is 22.6 Å². The normalized spacial score (nSPS) is 21.6. The lowest BCUT2D eigenvalue weighted by Crippen LogP contribution is -2.46. The molecular formula is C49H48N4O4. The third-order valence-corrected chi connectivity index (χ3v) is 12.8. The molecule has 1 aliphatic carbocycles. The van der Waals surface area contributed by atoms with Crippen molar-refractivity contribution < 1.29 is 19.8 Å². The number of benzene rings is 6. The fourth-order valence-corrected chi connectivity index (χ4v) is 9.72. The summed E-state index contributed by atoms with van der Waals surface area (Å²) < 4.78 is 13.8. The van der Waals surface area contributed by atoms with Crippen molar-refractivity contribution in [2.75, 3.05) is 74.2 Å². The van der Waals surface area contributed by atoms with E-state index in [-0.39, 0.29) is 0 Å². The molecule has 0 saturated carbocycles. The first kappa shape index (κ1) is 35.6. The Morgan fingerprint density at radius 1 is 0.667 bits per heavy atom. The first-order chi connectivity index (χ1) is 27.9. The standard InChI is InChI=1S/C49H48N4O4/c1-3-48(54)42-17-11-10-16-38(42)45-40-32-43(52-26-24-50(25-27-52)36-14-8-5-9-15-36)44(56-2)33-41(40)47-39(46(45)48)22-23-49(57-47,34-12-6-4-7-13-34)35-18-20-37(21-19-35)51-28-30-53(55)31-29-51/h4-23,32-33,54-55H,3,24-31H2,1-2H3. The summed E-state index contributed by atoms with van der Waals surface area (Å²) in [6.07, 6.45) is 4.88. The number of para-hydroxylation sites is 1. The third kappa shape index (κ3) is 5.69. The molecule has 2 fully saturated rings. The first-order valence-electron chi connectivity index (χ1n) is 20.2. The number of methoxy groups -OCH3 is 1. The van der Waals surface area contributed by atoms with Gasteiger partial charge in [0.1, 0.15) is 17.1 Å². The third-order valence-electron chi connectivity index (χ3n) is 12.8. The fraction of sp³-hybridized carbons (Fsp3) is 0.265. The molecule has 2 saturated heterocycles. The van der Waals surface area contributed by atoms with Crippen LogP contribution in [0.3, 0.4) is 0 Å². The second-order valence-corrected chi connectivity index (χ2v) is 15.7. The summed E-state index contributed by atoms with van der Waals surface area (Å²) in [6, 6.07) is 42.5. The van der Waals surface area contributed by atoms with Crippen molar-refractivity contribution in [3.05, 3.63) is 155 Å². The maximum Gasteiger partial charge on any atom is 0.178 e. The van der Waals surface area contributed by atoms with E-state index in [0.29, 0.717) is 19.5 Å². The number of anilines is 3. The number of aliphatic hydroxyl groups is 1. The Morgan fingerprint density at radius 2 is 1.26 bits per heavy atom. The molecule has 0 aromatic heterocycles. The molecule has 8 nitrogen and oxygen atoms in total. The fourth-order valence-electron chi connectivity index (χ4n) is 9.72. The number of rotatable bonds is 7. The highest BCUT2D eigenvalue weighted by molar-refractivity contribution is 6.10. The van der Waals surface area contributed by atoms with Crippen LogP contribution in [0.2, 0.25) is 0 Å². The zero-order chi connectivity index (χ0) is 38.7. The molecule has 288 valence electrons. The van der Waals surface area contributed by atoms with Gasteiger partial charge in [-0.15, -0.1) is 0 Å². The molecule has 0 amide bonds. The minimum absolute atomic E-state index is 0.517. The lowest BCUT2D eigenvalue weighted by atomic mass is 9.79. The molecule has 8 heteroatoms. The van der Waals surface area contributed by atoms with Crippen molar-refractivity contribution >= 4 is 33.9 Å². The van der Waals surface area contributed by atoms with Gasteiger partial charge in [-0.2, -0.15) is 5.06 Å². The second kappa shape index (κ2) is 14.0. The van der Waals surface area contributed by atoms with Gasteiger partial charge in [-0.05, 0) is 71.0 Å². The van der Waals surface area contributed by atoms with Gasteiger partial charge in [-0.3, -0.25) is 0 Å². The number of ether oxygens (including phenoxy) is 2. The predicted octanol–water partition coefficient (Wildman–Crippen LogP) is 8.66. The van der Waals surface area contributed by atoms with E-state index in [0.717, 1.165) is 112 Å². The molecule has 2 unspecified atom stereocenters. The van der Waals surface area contributed by atoms with Crippen LogP contribution in [0.1, 0.15) is 41.2 Å². The summed E-state index contributed by atoms with van der Waals surface area (Å²) in [7, 11) is 1.76. The number of hydroxylamine groups is 2. The SMILES string of the molecule is CCC1(O)c2ccccc2-c2c1c1c(c3cc(OC)c(N4CCN(c5ccccc5)CC4)cc23)OC(c2ccccc2)(c2ccc(N3CCN(O)CC3)cc2)C=C1. The average Bonchev–Trinajstić information content (AvgIpc) is 3.55. The summed E-state index contributed by atoms with van der Waals surface area (Å²) in [6.45, 7) is 8.30. The molecule has 3 aliphatic heterocycles. The molecular weight excluding hydrogens is 709 g/mol. The topological polar surface area (TPSA) is 71.9 Å². The zero-order valence-corrected chi connectivity index (χ0v) is 32.6. The van der Waals surface area contributed by atoms with Gasteiger partial charge in [0.2, 0.25) is 0 Å². The van der Waals surface area contributed by atoms with Crippen molar-refractivity contribution in [1.29, 1.82) is 0 Å². The second-order valence-electron chi connectivity index (χ2n) is 15.7. The quantitative estimate of drug-likeness (QED) is 0.168. The lowest BCUT2D eigenvalue weighted by molar-refractivity contribution is -0.0935. The van der Waals surface area contributed by atoms with Gasteiger partial charge in [0, 0.05) is 91.4 Å². The van der Waals surface area contributed by atoms with Crippen LogP contribution in [0.15, 0.2) is 127 Å². The Balaban J connectivity index is 1.15. The van der Waals surface area contributed by atoms with E-state index >= 15 is 0 Å². The van der Waals surface area contributed by atoms with Gasteiger partial charge >= 0.3 is 0 Å². The van der Waals surface area contributed by atoms with Gasteiger partial charge in [-0.1, -0.05) is 97.9 Å². The van der Waals surface area contributed by atoms with E-state index in [1.807, 2.05) is 12.1 Å². The summed E-state index contributed by atoms with van der Waals surface area (Å²) in [5.41, 5.74) is 8.10. The zero-order valence-electron chi connectivity index (χ0n) is 32.6. The van der Waals surface area contributed by atoms with E-state index in [1.54, 1.807) is 7.11 Å². The van der Waals surface area contributed by atoms with Crippen LogP contribution in [0.5, 0.6) is 11.5 Å². The Kier molecular flexibility index (Phi) is 8.74. The van der Waals surface area contributed by atoms with E-state index in [2.05, 4.69) is 143 Å². The molecule has 4 aliphatic rings. The summed E-state index contributed by atoms with van der Waals surface area (Å²) >= 11 is 0. The monoisotopic (exact) mass is 756 g/mol. The Labute approximate surface area is 334 Å². The first-order valence-corrected chi connectivity index (χ1v) is 20.2. The molecule has 0 bridgehead atoms. The van der Waals surface area contributed by atoms with Crippen LogP contribution >= 0.6 is 0 Å². The van der Waals surface area contributed by atoms with E-state index in [1.165, 1.54) is 10.8 Å². The van der Waals surface area contributed by atoms with Crippen molar-refractivity contribution in [3.63, 3.8) is 0 Å². The van der Waals surface area contributed by atoms with Crippen LogP contribution < -0.4 is 24.2 Å². The minimum Gasteiger partial charge on any atom is -0.495 e. The molecule has 10 rings (SSSR count). The maximum atomic E-state index is 12.9. The molecule has 6 aromatic carbocycles. The number of piperazine rings is 2. The van der Waals surface area contributed by atoms with Gasteiger partial charge in [0.25, 0.3) is 0 Å². The van der Waals surface area contributed by atoms with Crippen LogP contribution in [0, 0.1) is 0 Å². The molecule has 2 atom stereocenters. The van der Waals surface area contributed by atoms with Crippen molar-refractivity contribution in [2.45, 2.75) is 24.5 Å². The number of hydrogen-bond acceptors (Lipinski definition) is 8. The van der Waals surface area contributed by atoms with Gasteiger partial charge in [0.15, 0.2) is 5.60 Å². The van der Waals surface area contributed by atoms with Gasteiger partial charge in [-0.25, -0.2) is 0 Å². The minimum atomic E-state index is -1.20. The van der Waals surface area contributed by atoms with Crippen molar-refractivity contribution in [2.24, 2.45) is 0 Å².